The molecule has 0 spiro atoms. The van der Waals surface area contributed by atoms with Crippen LogP contribution in [0, 0.1) is 0 Å². The molecular formula is C16H22N4O2S. The summed E-state index contributed by atoms with van der Waals surface area (Å²) in [6.45, 7) is 4.82. The molecule has 6 nitrogen and oxygen atoms in total. The average molecular weight is 334 g/mol. The third kappa shape index (κ3) is 5.21. The van der Waals surface area contributed by atoms with Crippen molar-refractivity contribution < 1.29 is 9.53 Å². The maximum atomic E-state index is 12.2. The number of nitrogens with one attached hydrogen (secondary N) is 1. The largest absolute Gasteiger partial charge is 0.484 e. The van der Waals surface area contributed by atoms with Gasteiger partial charge in [0, 0.05) is 33.2 Å². The summed E-state index contributed by atoms with van der Waals surface area (Å²) < 4.78 is 5.51. The van der Waals surface area contributed by atoms with Crippen LogP contribution in [0.1, 0.15) is 6.92 Å². The third-order valence-corrected chi connectivity index (χ3v) is 3.97. The first-order chi connectivity index (χ1) is 11.1. The number of hydrogen-bond acceptors (Lipinski definition) is 3. The van der Waals surface area contributed by atoms with Gasteiger partial charge in [0.2, 0.25) is 0 Å². The highest BCUT2D eigenvalue weighted by Gasteiger charge is 2.22. The topological polar surface area (TPSA) is 57.2 Å². The Morgan fingerprint density at radius 2 is 1.83 bits per heavy atom. The van der Waals surface area contributed by atoms with Crippen LogP contribution < -0.4 is 10.1 Å². The molecule has 23 heavy (non-hydrogen) atoms. The molecule has 1 amide bonds. The molecule has 1 aromatic rings. The van der Waals surface area contributed by atoms with Crippen molar-refractivity contribution in [3.8, 4) is 5.75 Å². The zero-order valence-electron chi connectivity index (χ0n) is 13.5. The first-order valence-electron chi connectivity index (χ1n) is 7.57. The van der Waals surface area contributed by atoms with E-state index >= 15 is 0 Å². The van der Waals surface area contributed by atoms with Crippen LogP contribution in [-0.4, -0.2) is 66.5 Å². The summed E-state index contributed by atoms with van der Waals surface area (Å²) in [7, 11) is 1.75. The molecule has 0 unspecified atom stereocenters. The summed E-state index contributed by atoms with van der Waals surface area (Å²) in [5, 5.41) is 3.30. The second-order valence-electron chi connectivity index (χ2n) is 5.18. The highest BCUT2D eigenvalue weighted by Crippen LogP contribution is 2.09. The van der Waals surface area contributed by atoms with Gasteiger partial charge < -0.3 is 19.9 Å². The van der Waals surface area contributed by atoms with Crippen LogP contribution in [-0.2, 0) is 4.79 Å². The Labute approximate surface area is 142 Å². The van der Waals surface area contributed by atoms with E-state index in [2.05, 4.69) is 15.2 Å². The van der Waals surface area contributed by atoms with Gasteiger partial charge in [-0.1, -0.05) is 18.2 Å². The van der Waals surface area contributed by atoms with Gasteiger partial charge in [-0.15, -0.1) is 0 Å². The summed E-state index contributed by atoms with van der Waals surface area (Å²) in [5.74, 6) is 1.59. The molecule has 1 saturated heterocycles. The Kier molecular flexibility index (Phi) is 6.34. The van der Waals surface area contributed by atoms with Crippen LogP contribution >= 0.6 is 12.2 Å². The van der Waals surface area contributed by atoms with Crippen molar-refractivity contribution >= 4 is 29.1 Å². The minimum atomic E-state index is 0.00819. The number of hydrogen-bond donors (Lipinski definition) is 1. The SMILES string of the molecule is CNC(=S)N=C(C)N1CCN(C(=O)COc2ccccc2)CC1. The van der Waals surface area contributed by atoms with Crippen molar-refractivity contribution in [3.63, 3.8) is 0 Å². The number of carbonyl (C=O) groups is 1. The van der Waals surface area contributed by atoms with E-state index < -0.39 is 0 Å². The fourth-order valence-electron chi connectivity index (χ4n) is 2.31. The van der Waals surface area contributed by atoms with Gasteiger partial charge in [0.25, 0.3) is 5.91 Å². The van der Waals surface area contributed by atoms with Crippen LogP contribution in [0.25, 0.3) is 0 Å². The predicted molar refractivity (Wildman–Crippen MR) is 94.9 cm³/mol. The van der Waals surface area contributed by atoms with E-state index in [-0.39, 0.29) is 12.5 Å². The van der Waals surface area contributed by atoms with Crippen molar-refractivity contribution in [2.75, 3.05) is 39.8 Å². The Balaban J connectivity index is 1.78. The van der Waals surface area contributed by atoms with E-state index in [1.807, 2.05) is 42.2 Å². The first-order valence-corrected chi connectivity index (χ1v) is 7.98. The van der Waals surface area contributed by atoms with Gasteiger partial charge in [-0.25, -0.2) is 4.99 Å². The number of amidine groups is 1. The molecule has 1 N–H and O–H groups in total. The lowest BCUT2D eigenvalue weighted by Gasteiger charge is -2.35. The predicted octanol–water partition coefficient (Wildman–Crippen LogP) is 1.13. The molecule has 1 aliphatic heterocycles. The second-order valence-corrected chi connectivity index (χ2v) is 5.57. The molecule has 1 heterocycles. The van der Waals surface area contributed by atoms with Gasteiger partial charge >= 0.3 is 0 Å². The highest BCUT2D eigenvalue weighted by atomic mass is 32.1. The van der Waals surface area contributed by atoms with Crippen LogP contribution in [0.3, 0.4) is 0 Å². The zero-order valence-corrected chi connectivity index (χ0v) is 14.3. The number of para-hydroxylation sites is 1. The molecule has 0 aromatic heterocycles. The number of carbonyl (C=O) groups excluding carboxylic acids is 1. The molecule has 1 aromatic carbocycles. The summed E-state index contributed by atoms with van der Waals surface area (Å²) in [6, 6.07) is 9.37. The number of ether oxygens (including phenoxy) is 1. The van der Waals surface area contributed by atoms with Crippen molar-refractivity contribution in [1.29, 1.82) is 0 Å². The number of rotatable bonds is 3. The lowest BCUT2D eigenvalue weighted by atomic mass is 10.3. The smallest absolute Gasteiger partial charge is 0.260 e. The van der Waals surface area contributed by atoms with Crippen molar-refractivity contribution in [3.05, 3.63) is 30.3 Å². The molecule has 2 rings (SSSR count). The molecule has 124 valence electrons. The molecule has 0 radical (unpaired) electrons. The summed E-state index contributed by atoms with van der Waals surface area (Å²) >= 11 is 5.04. The third-order valence-electron chi connectivity index (χ3n) is 3.67. The summed E-state index contributed by atoms with van der Waals surface area (Å²) in [6.07, 6.45) is 0. The second kappa shape index (κ2) is 8.47. The first kappa shape index (κ1) is 17.2. The van der Waals surface area contributed by atoms with Gasteiger partial charge in [-0.2, -0.15) is 0 Å². The quantitative estimate of drug-likeness (QED) is 0.510. The number of aliphatic imine (C=N–C) groups is 1. The molecular weight excluding hydrogens is 312 g/mol. The standard InChI is InChI=1S/C16H22N4O2S/c1-13(18-16(23)17-2)19-8-10-20(11-9-19)15(21)12-22-14-6-4-3-5-7-14/h3-7H,8-12H2,1-2H3,(H,17,23). The number of benzene rings is 1. The highest BCUT2D eigenvalue weighted by molar-refractivity contribution is 7.80. The summed E-state index contributed by atoms with van der Waals surface area (Å²) in [4.78, 5) is 20.4. The molecule has 1 aliphatic rings. The van der Waals surface area contributed by atoms with Crippen LogP contribution in [0.2, 0.25) is 0 Å². The van der Waals surface area contributed by atoms with Crippen LogP contribution in [0.4, 0.5) is 0 Å². The van der Waals surface area contributed by atoms with Gasteiger partial charge in [-0.05, 0) is 31.3 Å². The Morgan fingerprint density at radius 1 is 1.22 bits per heavy atom. The Morgan fingerprint density at radius 3 is 2.43 bits per heavy atom. The van der Waals surface area contributed by atoms with Crippen molar-refractivity contribution in [2.24, 2.45) is 4.99 Å². The Bertz CT molecular complexity index is 569. The van der Waals surface area contributed by atoms with E-state index in [1.165, 1.54) is 0 Å². The number of amides is 1. The summed E-state index contributed by atoms with van der Waals surface area (Å²) in [5.41, 5.74) is 0. The minimum Gasteiger partial charge on any atom is -0.484 e. The van der Waals surface area contributed by atoms with Gasteiger partial charge in [-0.3, -0.25) is 4.79 Å². The van der Waals surface area contributed by atoms with Crippen LogP contribution in [0.5, 0.6) is 5.75 Å². The van der Waals surface area contributed by atoms with Crippen LogP contribution in [0.15, 0.2) is 35.3 Å². The monoisotopic (exact) mass is 334 g/mol. The van der Waals surface area contributed by atoms with E-state index in [0.717, 1.165) is 18.9 Å². The van der Waals surface area contributed by atoms with Crippen molar-refractivity contribution in [1.82, 2.24) is 15.1 Å². The molecule has 0 atom stereocenters. The van der Waals surface area contributed by atoms with Gasteiger partial charge in [0.15, 0.2) is 11.7 Å². The van der Waals surface area contributed by atoms with Gasteiger partial charge in [0.05, 0.1) is 0 Å². The fourth-order valence-corrected chi connectivity index (χ4v) is 2.44. The molecule has 0 saturated carbocycles. The molecule has 0 aliphatic carbocycles. The van der Waals surface area contributed by atoms with Gasteiger partial charge in [0.1, 0.15) is 11.6 Å². The molecule has 0 bridgehead atoms. The zero-order chi connectivity index (χ0) is 16.7. The number of piperazine rings is 1. The number of nitrogens with zero attached hydrogens (tertiary/aromatic N) is 3. The minimum absolute atomic E-state index is 0.00819. The van der Waals surface area contributed by atoms with E-state index in [0.29, 0.717) is 24.0 Å². The Hall–Kier alpha value is -2.15. The fraction of sp³-hybridized carbons (Fsp3) is 0.438. The number of thiocarbonyl (C=S) groups is 1. The van der Waals surface area contributed by atoms with E-state index in [4.69, 9.17) is 17.0 Å². The normalized spacial score (nSPS) is 15.3. The van der Waals surface area contributed by atoms with Crippen molar-refractivity contribution in [2.45, 2.75) is 6.92 Å². The molecule has 1 fully saturated rings. The maximum absolute atomic E-state index is 12.2. The molecule has 7 heteroatoms. The average Bonchev–Trinajstić information content (AvgIpc) is 2.60. The van der Waals surface area contributed by atoms with E-state index in [9.17, 15) is 4.79 Å². The maximum Gasteiger partial charge on any atom is 0.260 e. The lowest BCUT2D eigenvalue weighted by Crippen LogP contribution is -2.51. The van der Waals surface area contributed by atoms with E-state index in [1.54, 1.807) is 7.05 Å². The lowest BCUT2D eigenvalue weighted by molar-refractivity contribution is -0.134.